The SMILES string of the molecule is CC(C)C(C)NC(=O)CCCN1C(=O)CSc2ccccc21. The van der Waals surface area contributed by atoms with Crippen LogP contribution < -0.4 is 10.2 Å². The number of nitrogens with one attached hydrogen (secondary N) is 1. The van der Waals surface area contributed by atoms with Crippen LogP contribution in [0.2, 0.25) is 0 Å². The van der Waals surface area contributed by atoms with E-state index >= 15 is 0 Å². The summed E-state index contributed by atoms with van der Waals surface area (Å²) in [5, 5.41) is 3.00. The number of thioether (sulfide) groups is 1. The molecule has 1 aromatic rings. The number of carbonyl (C=O) groups is 2. The van der Waals surface area contributed by atoms with Crippen LogP contribution in [0.25, 0.3) is 0 Å². The van der Waals surface area contributed by atoms with Crippen LogP contribution in [-0.2, 0) is 9.59 Å². The minimum atomic E-state index is 0.0633. The lowest BCUT2D eigenvalue weighted by molar-refractivity contribution is -0.122. The number of carbonyl (C=O) groups excluding carboxylic acids is 2. The molecular weight excluding hydrogens is 296 g/mol. The van der Waals surface area contributed by atoms with E-state index in [0.717, 1.165) is 10.6 Å². The van der Waals surface area contributed by atoms with Gasteiger partial charge in [-0.3, -0.25) is 9.59 Å². The summed E-state index contributed by atoms with van der Waals surface area (Å²) in [7, 11) is 0. The van der Waals surface area contributed by atoms with Crippen LogP contribution in [0.1, 0.15) is 33.6 Å². The first-order valence-corrected chi connectivity index (χ1v) is 8.79. The average molecular weight is 320 g/mol. The van der Waals surface area contributed by atoms with Gasteiger partial charge in [0.2, 0.25) is 11.8 Å². The Kier molecular flexibility index (Phi) is 5.89. The van der Waals surface area contributed by atoms with Crippen molar-refractivity contribution < 1.29 is 9.59 Å². The van der Waals surface area contributed by atoms with Gasteiger partial charge in [0.1, 0.15) is 0 Å². The van der Waals surface area contributed by atoms with Crippen LogP contribution in [0, 0.1) is 5.92 Å². The summed E-state index contributed by atoms with van der Waals surface area (Å²) in [6, 6.07) is 8.13. The maximum Gasteiger partial charge on any atom is 0.237 e. The molecule has 2 amide bonds. The number of hydrogen-bond acceptors (Lipinski definition) is 3. The summed E-state index contributed by atoms with van der Waals surface area (Å²) >= 11 is 1.58. The second-order valence-corrected chi connectivity index (χ2v) is 7.02. The van der Waals surface area contributed by atoms with Gasteiger partial charge in [0, 0.05) is 23.9 Å². The van der Waals surface area contributed by atoms with Gasteiger partial charge in [-0.15, -0.1) is 11.8 Å². The zero-order valence-corrected chi connectivity index (χ0v) is 14.3. The third-order valence-electron chi connectivity index (χ3n) is 3.98. The molecule has 1 aliphatic rings. The Labute approximate surface area is 136 Å². The van der Waals surface area contributed by atoms with E-state index in [1.54, 1.807) is 11.8 Å². The van der Waals surface area contributed by atoms with E-state index < -0.39 is 0 Å². The van der Waals surface area contributed by atoms with Crippen molar-refractivity contribution in [1.82, 2.24) is 5.32 Å². The number of amides is 2. The molecule has 1 N–H and O–H groups in total. The fourth-order valence-electron chi connectivity index (χ4n) is 2.29. The fourth-order valence-corrected chi connectivity index (χ4v) is 3.23. The molecule has 0 saturated heterocycles. The summed E-state index contributed by atoms with van der Waals surface area (Å²) in [4.78, 5) is 27.0. The van der Waals surface area contributed by atoms with E-state index in [9.17, 15) is 9.59 Å². The Morgan fingerprint density at radius 1 is 1.32 bits per heavy atom. The Morgan fingerprint density at radius 3 is 2.77 bits per heavy atom. The third kappa shape index (κ3) is 4.26. The van der Waals surface area contributed by atoms with Crippen molar-refractivity contribution in [3.63, 3.8) is 0 Å². The number of hydrogen-bond donors (Lipinski definition) is 1. The predicted octanol–water partition coefficient (Wildman–Crippen LogP) is 3.07. The Morgan fingerprint density at radius 2 is 2.05 bits per heavy atom. The van der Waals surface area contributed by atoms with E-state index in [-0.39, 0.29) is 17.9 Å². The first-order chi connectivity index (χ1) is 10.5. The normalized spacial score (nSPS) is 15.6. The molecule has 1 atom stereocenters. The number of fused-ring (bicyclic) bond motifs is 1. The second kappa shape index (κ2) is 7.68. The molecule has 0 saturated carbocycles. The molecule has 0 radical (unpaired) electrons. The molecule has 1 unspecified atom stereocenters. The van der Waals surface area contributed by atoms with Gasteiger partial charge < -0.3 is 10.2 Å². The molecule has 0 spiro atoms. The van der Waals surface area contributed by atoms with Crippen LogP contribution >= 0.6 is 11.8 Å². The van der Waals surface area contributed by atoms with Gasteiger partial charge in [0.05, 0.1) is 11.4 Å². The number of rotatable bonds is 6. The van der Waals surface area contributed by atoms with Crippen molar-refractivity contribution in [3.05, 3.63) is 24.3 Å². The highest BCUT2D eigenvalue weighted by atomic mass is 32.2. The van der Waals surface area contributed by atoms with Gasteiger partial charge in [-0.05, 0) is 31.4 Å². The third-order valence-corrected chi connectivity index (χ3v) is 5.03. The average Bonchev–Trinajstić information content (AvgIpc) is 2.49. The summed E-state index contributed by atoms with van der Waals surface area (Å²) in [6.07, 6.45) is 1.14. The molecule has 1 aromatic carbocycles. The summed E-state index contributed by atoms with van der Waals surface area (Å²) in [5.74, 6) is 1.10. The molecule has 1 heterocycles. The standard InChI is InChI=1S/C17H24N2O2S/c1-12(2)13(3)18-16(20)9-6-10-19-14-7-4-5-8-15(14)22-11-17(19)21/h4-5,7-8,12-13H,6,9-11H2,1-3H3,(H,18,20). The number of nitrogens with zero attached hydrogens (tertiary/aromatic N) is 1. The molecule has 1 aliphatic heterocycles. The van der Waals surface area contributed by atoms with Gasteiger partial charge in [0.15, 0.2) is 0 Å². The highest BCUT2D eigenvalue weighted by Crippen LogP contribution is 2.34. The monoisotopic (exact) mass is 320 g/mol. The first kappa shape index (κ1) is 16.9. The van der Waals surface area contributed by atoms with Crippen molar-refractivity contribution in [2.24, 2.45) is 5.92 Å². The second-order valence-electron chi connectivity index (χ2n) is 6.01. The highest BCUT2D eigenvalue weighted by Gasteiger charge is 2.24. The van der Waals surface area contributed by atoms with Crippen LogP contribution in [-0.4, -0.2) is 30.2 Å². The molecule has 4 nitrogen and oxygen atoms in total. The lowest BCUT2D eigenvalue weighted by Crippen LogP contribution is -2.38. The van der Waals surface area contributed by atoms with Crippen molar-refractivity contribution in [1.29, 1.82) is 0 Å². The van der Waals surface area contributed by atoms with Crippen molar-refractivity contribution in [2.45, 2.75) is 44.6 Å². The van der Waals surface area contributed by atoms with Crippen LogP contribution in [0.5, 0.6) is 0 Å². The number of benzene rings is 1. The summed E-state index contributed by atoms with van der Waals surface area (Å²) < 4.78 is 0. The molecule has 2 rings (SSSR count). The Bertz CT molecular complexity index is 545. The zero-order valence-electron chi connectivity index (χ0n) is 13.5. The fraction of sp³-hybridized carbons (Fsp3) is 0.529. The van der Waals surface area contributed by atoms with E-state index in [2.05, 4.69) is 19.2 Å². The van der Waals surface area contributed by atoms with Crippen LogP contribution in [0.4, 0.5) is 5.69 Å². The largest absolute Gasteiger partial charge is 0.353 e. The minimum absolute atomic E-state index is 0.0633. The number of para-hydroxylation sites is 1. The minimum Gasteiger partial charge on any atom is -0.353 e. The smallest absolute Gasteiger partial charge is 0.237 e. The Hall–Kier alpha value is -1.49. The summed E-state index contributed by atoms with van der Waals surface area (Å²) in [5.41, 5.74) is 0.972. The lowest BCUT2D eigenvalue weighted by atomic mass is 10.1. The van der Waals surface area contributed by atoms with E-state index in [4.69, 9.17) is 0 Å². The molecule has 22 heavy (non-hydrogen) atoms. The van der Waals surface area contributed by atoms with Gasteiger partial charge in [-0.25, -0.2) is 0 Å². The maximum atomic E-state index is 12.1. The first-order valence-electron chi connectivity index (χ1n) is 7.80. The van der Waals surface area contributed by atoms with E-state index in [1.165, 1.54) is 0 Å². The highest BCUT2D eigenvalue weighted by molar-refractivity contribution is 8.00. The zero-order chi connectivity index (χ0) is 16.1. The molecular formula is C17H24N2O2S. The maximum absolute atomic E-state index is 12.1. The van der Waals surface area contributed by atoms with Gasteiger partial charge in [-0.1, -0.05) is 26.0 Å². The van der Waals surface area contributed by atoms with Gasteiger partial charge >= 0.3 is 0 Å². The quantitative estimate of drug-likeness (QED) is 0.876. The summed E-state index contributed by atoms with van der Waals surface area (Å²) in [6.45, 7) is 6.79. The molecule has 0 aliphatic carbocycles. The van der Waals surface area contributed by atoms with Crippen molar-refractivity contribution >= 4 is 29.3 Å². The van der Waals surface area contributed by atoms with E-state index in [1.807, 2.05) is 36.1 Å². The Balaban J connectivity index is 1.87. The molecule has 0 fully saturated rings. The van der Waals surface area contributed by atoms with E-state index in [0.29, 0.717) is 31.1 Å². The topological polar surface area (TPSA) is 49.4 Å². The molecule has 120 valence electrons. The molecule has 0 aromatic heterocycles. The van der Waals surface area contributed by atoms with Gasteiger partial charge in [-0.2, -0.15) is 0 Å². The molecule has 0 bridgehead atoms. The predicted molar refractivity (Wildman–Crippen MR) is 91.2 cm³/mol. The molecule has 5 heteroatoms. The lowest BCUT2D eigenvalue weighted by Gasteiger charge is -2.29. The van der Waals surface area contributed by atoms with Crippen LogP contribution in [0.3, 0.4) is 0 Å². The van der Waals surface area contributed by atoms with Crippen molar-refractivity contribution in [2.75, 3.05) is 17.2 Å². The van der Waals surface area contributed by atoms with Crippen LogP contribution in [0.15, 0.2) is 29.2 Å². The number of anilines is 1. The van der Waals surface area contributed by atoms with Gasteiger partial charge in [0.25, 0.3) is 0 Å². The van der Waals surface area contributed by atoms with Crippen molar-refractivity contribution in [3.8, 4) is 0 Å².